The van der Waals surface area contributed by atoms with Gasteiger partial charge in [0.15, 0.2) is 0 Å². The molecule has 0 saturated carbocycles. The van der Waals surface area contributed by atoms with Crippen molar-refractivity contribution >= 4 is 16.9 Å². The van der Waals surface area contributed by atoms with E-state index in [2.05, 4.69) is 57.7 Å². The van der Waals surface area contributed by atoms with Crippen molar-refractivity contribution in [3.8, 4) is 0 Å². The molecule has 0 aliphatic heterocycles. The number of amides is 1. The number of benzene rings is 3. The topological polar surface area (TPSA) is 73.9 Å². The molecule has 2 aromatic heterocycles. The van der Waals surface area contributed by atoms with Crippen molar-refractivity contribution in [1.82, 2.24) is 25.2 Å². The highest BCUT2D eigenvalue weighted by Crippen LogP contribution is 2.34. The molecule has 2 N–H and O–H groups in total. The average Bonchev–Trinajstić information content (AvgIpc) is 3.38. The number of aryl methyl sites for hydroxylation is 3. The molecule has 40 heavy (non-hydrogen) atoms. The summed E-state index contributed by atoms with van der Waals surface area (Å²) in [4.78, 5) is 28.6. The summed E-state index contributed by atoms with van der Waals surface area (Å²) < 4.78 is 0. The van der Waals surface area contributed by atoms with Crippen LogP contribution >= 0.6 is 0 Å². The first-order valence-corrected chi connectivity index (χ1v) is 14.1. The molecule has 1 unspecified atom stereocenters. The van der Waals surface area contributed by atoms with Crippen molar-refractivity contribution in [2.75, 3.05) is 0 Å². The number of para-hydroxylation sites is 2. The van der Waals surface area contributed by atoms with Crippen molar-refractivity contribution in [3.63, 3.8) is 0 Å². The lowest BCUT2D eigenvalue weighted by Gasteiger charge is -2.34. The Bertz CT molecular complexity index is 1590. The van der Waals surface area contributed by atoms with Crippen LogP contribution in [0, 0.1) is 13.8 Å². The minimum absolute atomic E-state index is 0.0276. The van der Waals surface area contributed by atoms with Crippen molar-refractivity contribution < 1.29 is 4.79 Å². The zero-order valence-electron chi connectivity index (χ0n) is 23.2. The van der Waals surface area contributed by atoms with Crippen LogP contribution in [-0.2, 0) is 26.1 Å². The van der Waals surface area contributed by atoms with Gasteiger partial charge in [-0.05, 0) is 79.1 Å². The maximum Gasteiger partial charge on any atom is 0.252 e. The minimum atomic E-state index is -0.0276. The molecular formula is C34H35N5O. The van der Waals surface area contributed by atoms with Gasteiger partial charge < -0.3 is 10.3 Å². The molecule has 0 fully saturated rings. The van der Waals surface area contributed by atoms with E-state index < -0.39 is 0 Å². The molecule has 6 heteroatoms. The highest BCUT2D eigenvalue weighted by atomic mass is 16.1. The number of nitrogens with one attached hydrogen (secondary N) is 2. The Hall–Kier alpha value is -4.29. The number of hydrogen-bond acceptors (Lipinski definition) is 4. The lowest BCUT2D eigenvalue weighted by Crippen LogP contribution is -2.31. The van der Waals surface area contributed by atoms with Crippen molar-refractivity contribution in [3.05, 3.63) is 130 Å². The first-order chi connectivity index (χ1) is 19.5. The number of rotatable bonds is 8. The maximum atomic E-state index is 12.9. The molecule has 0 bridgehead atoms. The molecule has 3 aromatic carbocycles. The standard InChI is InChI=1S/C34H35N5O/c1-23-8-5-9-24(2)32(23)34(40)36-20-25-15-17-26(18-16-25)21-39(22-31-37-28-12-3-4-13-29(28)38-31)30-14-6-10-27-11-7-19-35-33(27)30/h3-5,7-9,11-13,15-19,30H,6,10,14,20-22H2,1-2H3,(H,36,40)(H,37,38). The summed E-state index contributed by atoms with van der Waals surface area (Å²) in [7, 11) is 0. The van der Waals surface area contributed by atoms with Crippen molar-refractivity contribution in [2.45, 2.75) is 58.8 Å². The molecule has 1 aliphatic carbocycles. The van der Waals surface area contributed by atoms with E-state index >= 15 is 0 Å². The van der Waals surface area contributed by atoms with Crippen LogP contribution in [0.25, 0.3) is 11.0 Å². The molecule has 0 saturated heterocycles. The first-order valence-electron chi connectivity index (χ1n) is 14.1. The molecule has 202 valence electrons. The lowest BCUT2D eigenvalue weighted by atomic mass is 9.90. The summed E-state index contributed by atoms with van der Waals surface area (Å²) in [5.74, 6) is 0.940. The van der Waals surface area contributed by atoms with Gasteiger partial charge in [0.1, 0.15) is 5.82 Å². The lowest BCUT2D eigenvalue weighted by molar-refractivity contribution is 0.0949. The second kappa shape index (κ2) is 11.4. The number of fused-ring (bicyclic) bond motifs is 2. The number of hydrogen-bond donors (Lipinski definition) is 2. The van der Waals surface area contributed by atoms with Crippen LogP contribution in [-0.4, -0.2) is 25.8 Å². The fourth-order valence-electron chi connectivity index (χ4n) is 5.93. The van der Waals surface area contributed by atoms with Crippen LogP contribution in [0.1, 0.15) is 68.6 Å². The molecule has 1 amide bonds. The zero-order chi connectivity index (χ0) is 27.5. The summed E-state index contributed by atoms with van der Waals surface area (Å²) in [5, 5.41) is 3.10. The number of H-pyrrole nitrogens is 1. The van der Waals surface area contributed by atoms with Crippen LogP contribution in [0.5, 0.6) is 0 Å². The fourth-order valence-corrected chi connectivity index (χ4v) is 5.93. The van der Waals surface area contributed by atoms with Crippen LogP contribution in [0.2, 0.25) is 0 Å². The Kier molecular flexibility index (Phi) is 7.43. The van der Waals surface area contributed by atoms with Gasteiger partial charge in [-0.3, -0.25) is 14.7 Å². The number of aromatic nitrogens is 3. The molecule has 1 aliphatic rings. The minimum Gasteiger partial charge on any atom is -0.348 e. The van der Waals surface area contributed by atoms with Gasteiger partial charge in [-0.15, -0.1) is 0 Å². The second-order valence-electron chi connectivity index (χ2n) is 10.8. The first kappa shape index (κ1) is 26.0. The Labute approximate surface area is 235 Å². The summed E-state index contributed by atoms with van der Waals surface area (Å²) in [6.45, 7) is 5.95. The zero-order valence-corrected chi connectivity index (χ0v) is 23.2. The average molecular weight is 530 g/mol. The molecule has 0 radical (unpaired) electrons. The summed E-state index contributed by atoms with van der Waals surface area (Å²) in [6, 6.07) is 27.2. The van der Waals surface area contributed by atoms with E-state index in [-0.39, 0.29) is 11.9 Å². The van der Waals surface area contributed by atoms with Crippen LogP contribution < -0.4 is 5.32 Å². The third-order valence-electron chi connectivity index (χ3n) is 7.97. The van der Waals surface area contributed by atoms with Gasteiger partial charge in [-0.1, -0.05) is 60.7 Å². The van der Waals surface area contributed by atoms with E-state index in [1.54, 1.807) is 0 Å². The van der Waals surface area contributed by atoms with E-state index in [0.29, 0.717) is 13.1 Å². The van der Waals surface area contributed by atoms with Crippen LogP contribution in [0.15, 0.2) is 85.1 Å². The largest absolute Gasteiger partial charge is 0.348 e. The quantitative estimate of drug-likeness (QED) is 0.238. The van der Waals surface area contributed by atoms with Gasteiger partial charge in [0.05, 0.1) is 29.3 Å². The van der Waals surface area contributed by atoms with Gasteiger partial charge in [0.25, 0.3) is 5.91 Å². The smallest absolute Gasteiger partial charge is 0.252 e. The maximum absolute atomic E-state index is 12.9. The number of carbonyl (C=O) groups is 1. The molecule has 6 rings (SSSR count). The van der Waals surface area contributed by atoms with E-state index in [1.807, 2.05) is 56.4 Å². The Morgan fingerprint density at radius 2 is 1.70 bits per heavy atom. The van der Waals surface area contributed by atoms with Crippen molar-refractivity contribution in [2.24, 2.45) is 0 Å². The number of pyridine rings is 1. The molecule has 0 spiro atoms. The van der Waals surface area contributed by atoms with Gasteiger partial charge in [-0.2, -0.15) is 0 Å². The number of nitrogens with zero attached hydrogens (tertiary/aromatic N) is 3. The summed E-state index contributed by atoms with van der Waals surface area (Å²) in [6.07, 6.45) is 5.23. The molecular weight excluding hydrogens is 494 g/mol. The number of carbonyl (C=O) groups excluding carboxylic acids is 1. The molecule has 5 aromatic rings. The van der Waals surface area contributed by atoms with E-state index in [9.17, 15) is 4.79 Å². The number of imidazole rings is 1. The van der Waals surface area contributed by atoms with E-state index in [1.165, 1.54) is 16.8 Å². The monoisotopic (exact) mass is 529 g/mol. The third-order valence-corrected chi connectivity index (χ3v) is 7.97. The predicted octanol–water partition coefficient (Wildman–Crippen LogP) is 6.58. The second-order valence-corrected chi connectivity index (χ2v) is 10.8. The van der Waals surface area contributed by atoms with Crippen LogP contribution in [0.3, 0.4) is 0 Å². The van der Waals surface area contributed by atoms with Gasteiger partial charge >= 0.3 is 0 Å². The normalized spacial score (nSPS) is 14.8. The highest BCUT2D eigenvalue weighted by Gasteiger charge is 2.28. The predicted molar refractivity (Wildman–Crippen MR) is 159 cm³/mol. The van der Waals surface area contributed by atoms with Crippen molar-refractivity contribution in [1.29, 1.82) is 0 Å². The van der Waals surface area contributed by atoms with Gasteiger partial charge in [0.2, 0.25) is 0 Å². The summed E-state index contributed by atoms with van der Waals surface area (Å²) >= 11 is 0. The van der Waals surface area contributed by atoms with Gasteiger partial charge in [-0.25, -0.2) is 4.98 Å². The third kappa shape index (κ3) is 5.54. The van der Waals surface area contributed by atoms with E-state index in [0.717, 1.165) is 64.9 Å². The summed E-state index contributed by atoms with van der Waals surface area (Å²) in [5.41, 5.74) is 9.66. The highest BCUT2D eigenvalue weighted by molar-refractivity contribution is 5.97. The SMILES string of the molecule is Cc1cccc(C)c1C(=O)NCc1ccc(CN(Cc2nc3ccccc3[nH]2)C2CCCc3cccnc32)cc1. The number of aromatic amines is 1. The van der Waals surface area contributed by atoms with Crippen LogP contribution in [0.4, 0.5) is 0 Å². The van der Waals surface area contributed by atoms with E-state index in [4.69, 9.17) is 9.97 Å². The Balaban J connectivity index is 1.20. The fraction of sp³-hybridized carbons (Fsp3) is 0.265. The molecule has 6 nitrogen and oxygen atoms in total. The molecule has 1 atom stereocenters. The van der Waals surface area contributed by atoms with Gasteiger partial charge in [0, 0.05) is 24.8 Å². The Morgan fingerprint density at radius 3 is 2.50 bits per heavy atom. The molecule has 2 heterocycles. The Morgan fingerprint density at radius 1 is 0.925 bits per heavy atom.